The topological polar surface area (TPSA) is 106 Å². The number of rotatable bonds is 7. The summed E-state index contributed by atoms with van der Waals surface area (Å²) in [6, 6.07) is 15.4. The second-order valence-corrected chi connectivity index (χ2v) is 8.36. The van der Waals surface area contributed by atoms with Crippen LogP contribution < -0.4 is 25.6 Å². The van der Waals surface area contributed by atoms with E-state index in [4.69, 9.17) is 9.47 Å². The Morgan fingerprint density at radius 2 is 1.61 bits per heavy atom. The van der Waals surface area contributed by atoms with E-state index in [1.807, 2.05) is 11.4 Å². The van der Waals surface area contributed by atoms with Crippen molar-refractivity contribution >= 4 is 34.7 Å². The Labute approximate surface area is 194 Å². The van der Waals surface area contributed by atoms with E-state index in [1.165, 1.54) is 4.88 Å². The predicted molar refractivity (Wildman–Crippen MR) is 125 cm³/mol. The maximum atomic E-state index is 12.5. The summed E-state index contributed by atoms with van der Waals surface area (Å²) in [5, 5.41) is 4.83. The maximum Gasteiger partial charge on any atom is 0.269 e. The molecule has 0 unspecified atom stereocenters. The fourth-order valence-electron chi connectivity index (χ4n) is 3.28. The van der Waals surface area contributed by atoms with Crippen LogP contribution in [0.2, 0.25) is 0 Å². The van der Waals surface area contributed by atoms with Crippen LogP contribution in [0.1, 0.15) is 38.4 Å². The van der Waals surface area contributed by atoms with Crippen molar-refractivity contribution in [2.24, 2.45) is 0 Å². The van der Waals surface area contributed by atoms with Gasteiger partial charge < -0.3 is 14.8 Å². The van der Waals surface area contributed by atoms with E-state index < -0.39 is 11.8 Å². The fourth-order valence-corrected chi connectivity index (χ4v) is 4.03. The molecule has 0 saturated heterocycles. The highest BCUT2D eigenvalue weighted by Gasteiger charge is 2.16. The third-order valence-corrected chi connectivity index (χ3v) is 5.85. The second-order valence-electron chi connectivity index (χ2n) is 7.33. The van der Waals surface area contributed by atoms with E-state index in [0.29, 0.717) is 47.9 Å². The lowest BCUT2D eigenvalue weighted by Crippen LogP contribution is -2.41. The number of fused-ring (bicyclic) bond motifs is 1. The van der Waals surface area contributed by atoms with Gasteiger partial charge in [-0.05, 0) is 60.7 Å². The summed E-state index contributed by atoms with van der Waals surface area (Å²) in [5.41, 5.74) is 5.91. The van der Waals surface area contributed by atoms with Gasteiger partial charge >= 0.3 is 0 Å². The zero-order valence-electron chi connectivity index (χ0n) is 17.8. The molecule has 0 saturated carbocycles. The molecule has 2 aromatic carbocycles. The Kier molecular flexibility index (Phi) is 7.21. The third kappa shape index (κ3) is 6.11. The molecule has 0 fully saturated rings. The number of benzene rings is 2. The van der Waals surface area contributed by atoms with Crippen LogP contribution in [0.5, 0.6) is 11.5 Å². The van der Waals surface area contributed by atoms with Gasteiger partial charge in [0.05, 0.1) is 0 Å². The molecule has 0 aliphatic carbocycles. The van der Waals surface area contributed by atoms with E-state index in [0.717, 1.165) is 12.8 Å². The Morgan fingerprint density at radius 1 is 0.848 bits per heavy atom. The molecule has 1 aliphatic heterocycles. The number of ether oxygens (including phenoxy) is 2. The van der Waals surface area contributed by atoms with Gasteiger partial charge in [-0.15, -0.1) is 11.3 Å². The van der Waals surface area contributed by atoms with E-state index in [9.17, 15) is 14.4 Å². The number of thiophene rings is 1. The second kappa shape index (κ2) is 10.6. The first kappa shape index (κ1) is 22.3. The van der Waals surface area contributed by atoms with Gasteiger partial charge in [-0.2, -0.15) is 0 Å². The Bertz CT molecular complexity index is 1150. The third-order valence-electron chi connectivity index (χ3n) is 4.91. The fraction of sp³-hybridized carbons (Fsp3) is 0.208. The van der Waals surface area contributed by atoms with E-state index in [1.54, 1.807) is 53.8 Å². The summed E-state index contributed by atoms with van der Waals surface area (Å²) < 4.78 is 10.9. The van der Waals surface area contributed by atoms with Crippen molar-refractivity contribution in [1.29, 1.82) is 0 Å². The summed E-state index contributed by atoms with van der Waals surface area (Å²) >= 11 is 1.68. The number of hydrogen-bond donors (Lipinski definition) is 3. The average Bonchev–Trinajstić information content (AvgIpc) is 3.35. The Morgan fingerprint density at radius 3 is 2.36 bits per heavy atom. The molecule has 0 atom stereocenters. The quantitative estimate of drug-likeness (QED) is 0.463. The molecule has 8 nitrogen and oxygen atoms in total. The minimum absolute atomic E-state index is 0.115. The molecule has 3 amide bonds. The zero-order valence-corrected chi connectivity index (χ0v) is 18.6. The van der Waals surface area contributed by atoms with Gasteiger partial charge in [-0.1, -0.05) is 12.1 Å². The van der Waals surface area contributed by atoms with Crippen molar-refractivity contribution in [2.75, 3.05) is 18.5 Å². The molecule has 4 rings (SSSR count). The standard InChI is InChI=1S/C24H23N3O5S/c28-22(8-2-6-19-7-3-13-33-19)25-18-5-1-4-16(14-18)23(29)26-27-24(30)17-9-10-20-21(15-17)32-12-11-31-20/h1,3-5,7,9-10,13-15H,2,6,8,11-12H2,(H,25,28)(H,26,29)(H,27,30). The summed E-state index contributed by atoms with van der Waals surface area (Å²) in [7, 11) is 0. The molecule has 2 heterocycles. The van der Waals surface area contributed by atoms with E-state index in [-0.39, 0.29) is 5.91 Å². The molecule has 3 N–H and O–H groups in total. The van der Waals surface area contributed by atoms with Crippen LogP contribution in [-0.2, 0) is 11.2 Å². The lowest BCUT2D eigenvalue weighted by Gasteiger charge is -2.18. The van der Waals surface area contributed by atoms with Gasteiger partial charge in [0.1, 0.15) is 13.2 Å². The van der Waals surface area contributed by atoms with Crippen LogP contribution in [0.4, 0.5) is 5.69 Å². The summed E-state index contributed by atoms with van der Waals surface area (Å²) in [5.74, 6) is -0.0486. The zero-order chi connectivity index (χ0) is 23.0. The van der Waals surface area contributed by atoms with Crippen LogP contribution in [-0.4, -0.2) is 30.9 Å². The number of anilines is 1. The van der Waals surface area contributed by atoms with Crippen molar-refractivity contribution in [1.82, 2.24) is 10.9 Å². The molecule has 0 radical (unpaired) electrons. The lowest BCUT2D eigenvalue weighted by atomic mass is 10.1. The molecule has 1 aliphatic rings. The molecule has 33 heavy (non-hydrogen) atoms. The summed E-state index contributed by atoms with van der Waals surface area (Å²) in [6.45, 7) is 0.875. The monoisotopic (exact) mass is 465 g/mol. The van der Waals surface area contributed by atoms with Crippen LogP contribution >= 0.6 is 11.3 Å². The number of hydrogen-bond acceptors (Lipinski definition) is 6. The van der Waals surface area contributed by atoms with Crippen molar-refractivity contribution in [3.05, 3.63) is 76.0 Å². The molecule has 0 spiro atoms. The first-order valence-corrected chi connectivity index (χ1v) is 11.4. The largest absolute Gasteiger partial charge is 0.486 e. The van der Waals surface area contributed by atoms with Crippen molar-refractivity contribution in [3.8, 4) is 11.5 Å². The molecule has 3 aromatic rings. The van der Waals surface area contributed by atoms with Gasteiger partial charge in [-0.3, -0.25) is 25.2 Å². The predicted octanol–water partition coefficient (Wildman–Crippen LogP) is 3.56. The van der Waals surface area contributed by atoms with Crippen LogP contribution in [0.25, 0.3) is 0 Å². The minimum Gasteiger partial charge on any atom is -0.486 e. The number of nitrogens with one attached hydrogen (secondary N) is 3. The van der Waals surface area contributed by atoms with E-state index >= 15 is 0 Å². The number of carbonyl (C=O) groups is 3. The van der Waals surface area contributed by atoms with Crippen LogP contribution in [0.3, 0.4) is 0 Å². The van der Waals surface area contributed by atoms with Crippen molar-refractivity contribution in [2.45, 2.75) is 19.3 Å². The van der Waals surface area contributed by atoms with Gasteiger partial charge in [0.2, 0.25) is 5.91 Å². The molecular weight excluding hydrogens is 442 g/mol. The number of carbonyl (C=O) groups excluding carboxylic acids is 3. The highest BCUT2D eigenvalue weighted by Crippen LogP contribution is 2.30. The molecule has 1 aromatic heterocycles. The van der Waals surface area contributed by atoms with Crippen molar-refractivity contribution < 1.29 is 23.9 Å². The molecule has 9 heteroatoms. The first-order valence-electron chi connectivity index (χ1n) is 10.5. The Balaban J connectivity index is 1.27. The minimum atomic E-state index is -0.505. The van der Waals surface area contributed by atoms with Gasteiger partial charge in [-0.25, -0.2) is 0 Å². The molecular formula is C24H23N3O5S. The maximum absolute atomic E-state index is 12.5. The smallest absolute Gasteiger partial charge is 0.269 e. The average molecular weight is 466 g/mol. The van der Waals surface area contributed by atoms with E-state index in [2.05, 4.69) is 22.2 Å². The molecule has 170 valence electrons. The molecule has 0 bridgehead atoms. The highest BCUT2D eigenvalue weighted by atomic mass is 32.1. The van der Waals surface area contributed by atoms with Gasteiger partial charge in [0.25, 0.3) is 11.8 Å². The lowest BCUT2D eigenvalue weighted by molar-refractivity contribution is -0.116. The summed E-state index contributed by atoms with van der Waals surface area (Å²) in [6.07, 6.45) is 1.99. The van der Waals surface area contributed by atoms with Crippen molar-refractivity contribution in [3.63, 3.8) is 0 Å². The van der Waals surface area contributed by atoms with Gasteiger partial charge in [0, 0.05) is 28.1 Å². The van der Waals surface area contributed by atoms with Crippen LogP contribution in [0.15, 0.2) is 60.0 Å². The number of aryl methyl sites for hydroxylation is 1. The number of amides is 3. The Hall–Kier alpha value is -3.85. The highest BCUT2D eigenvalue weighted by molar-refractivity contribution is 7.09. The SMILES string of the molecule is O=C(CCCc1cccs1)Nc1cccc(C(=O)NNC(=O)c2ccc3c(c2)OCCO3)c1. The first-order chi connectivity index (χ1) is 16.1. The summed E-state index contributed by atoms with van der Waals surface area (Å²) in [4.78, 5) is 38.3. The van der Waals surface area contributed by atoms with Gasteiger partial charge in [0.15, 0.2) is 11.5 Å². The van der Waals surface area contributed by atoms with Crippen LogP contribution in [0, 0.1) is 0 Å². The normalized spacial score (nSPS) is 12.0. The number of hydrazine groups is 1.